The van der Waals surface area contributed by atoms with Gasteiger partial charge in [-0.1, -0.05) is 42.5 Å². The molecule has 2 aromatic carbocycles. The Morgan fingerprint density at radius 1 is 1.16 bits per heavy atom. The van der Waals surface area contributed by atoms with Crippen molar-refractivity contribution in [2.24, 2.45) is 5.92 Å². The van der Waals surface area contributed by atoms with Crippen LogP contribution in [0, 0.1) is 5.92 Å². The Morgan fingerprint density at radius 3 is 2.60 bits per heavy atom. The van der Waals surface area contributed by atoms with E-state index in [0.717, 1.165) is 37.3 Å². The lowest BCUT2D eigenvalue weighted by molar-refractivity contribution is -0.121. The molecule has 0 aliphatic carbocycles. The Balaban J connectivity index is 1.46. The molecule has 1 saturated heterocycles. The van der Waals surface area contributed by atoms with Crippen molar-refractivity contribution < 1.29 is 4.79 Å². The lowest BCUT2D eigenvalue weighted by Crippen LogP contribution is -2.40. The summed E-state index contributed by atoms with van der Waals surface area (Å²) >= 11 is 0. The quantitative estimate of drug-likeness (QED) is 0.797. The number of carbonyl (C=O) groups is 1. The van der Waals surface area contributed by atoms with Gasteiger partial charge in [0.05, 0.1) is 6.42 Å². The first kappa shape index (κ1) is 17.5. The number of nitrogens with two attached hydrogens (primary N) is 1. The number of amides is 1. The molecule has 0 spiro atoms. The van der Waals surface area contributed by atoms with Crippen LogP contribution in [-0.2, 0) is 17.8 Å². The molecule has 0 radical (unpaired) electrons. The maximum absolute atomic E-state index is 12.3. The fraction of sp³-hybridized carbons (Fsp3) is 0.381. The van der Waals surface area contributed by atoms with Crippen LogP contribution in [0.25, 0.3) is 0 Å². The van der Waals surface area contributed by atoms with Gasteiger partial charge in [-0.15, -0.1) is 0 Å². The van der Waals surface area contributed by atoms with Gasteiger partial charge < -0.3 is 11.1 Å². The average molecular weight is 337 g/mol. The number of hydrogen-bond acceptors (Lipinski definition) is 3. The largest absolute Gasteiger partial charge is 0.399 e. The number of anilines is 1. The van der Waals surface area contributed by atoms with Crippen molar-refractivity contribution in [3.8, 4) is 0 Å². The molecule has 1 aliphatic rings. The molecule has 1 amide bonds. The molecule has 0 bridgehead atoms. The van der Waals surface area contributed by atoms with Gasteiger partial charge in [-0.25, -0.2) is 0 Å². The van der Waals surface area contributed by atoms with E-state index in [1.165, 1.54) is 5.56 Å². The predicted octanol–water partition coefficient (Wildman–Crippen LogP) is 2.84. The Morgan fingerprint density at radius 2 is 1.88 bits per heavy atom. The van der Waals surface area contributed by atoms with E-state index in [4.69, 9.17) is 5.73 Å². The second-order valence-corrected chi connectivity index (χ2v) is 7.04. The molecule has 1 fully saturated rings. The first-order chi connectivity index (χ1) is 12.1. The van der Waals surface area contributed by atoms with Crippen LogP contribution in [-0.4, -0.2) is 29.9 Å². The number of likely N-dealkylation sites (tertiary alicyclic amines) is 1. The van der Waals surface area contributed by atoms with Gasteiger partial charge in [0.15, 0.2) is 0 Å². The normalized spacial score (nSPS) is 18.8. The smallest absolute Gasteiger partial charge is 0.224 e. The van der Waals surface area contributed by atoms with Crippen LogP contribution in [0.2, 0.25) is 0 Å². The fourth-order valence-corrected chi connectivity index (χ4v) is 3.50. The minimum atomic E-state index is 0.0822. The lowest BCUT2D eigenvalue weighted by Gasteiger charge is -2.22. The van der Waals surface area contributed by atoms with Gasteiger partial charge in [0, 0.05) is 24.8 Å². The number of rotatable bonds is 6. The molecule has 0 saturated carbocycles. The second-order valence-electron chi connectivity index (χ2n) is 7.04. The summed E-state index contributed by atoms with van der Waals surface area (Å²) in [5.74, 6) is 0.595. The van der Waals surface area contributed by atoms with Crippen LogP contribution >= 0.6 is 0 Å². The number of nitrogens with zero attached hydrogens (tertiary/aromatic N) is 1. The van der Waals surface area contributed by atoms with Crippen LogP contribution < -0.4 is 11.1 Å². The number of carbonyl (C=O) groups excluding carboxylic acids is 1. The molecule has 2 atom stereocenters. The van der Waals surface area contributed by atoms with Crippen molar-refractivity contribution >= 4 is 11.6 Å². The summed E-state index contributed by atoms with van der Waals surface area (Å²) in [6.45, 7) is 5.25. The minimum Gasteiger partial charge on any atom is -0.399 e. The van der Waals surface area contributed by atoms with E-state index in [2.05, 4.69) is 47.5 Å². The highest BCUT2D eigenvalue weighted by atomic mass is 16.1. The molecule has 2 aromatic rings. The minimum absolute atomic E-state index is 0.0822. The summed E-state index contributed by atoms with van der Waals surface area (Å²) in [6.07, 6.45) is 1.54. The fourth-order valence-electron chi connectivity index (χ4n) is 3.50. The molecule has 1 heterocycles. The summed E-state index contributed by atoms with van der Waals surface area (Å²) in [4.78, 5) is 14.8. The van der Waals surface area contributed by atoms with Crippen molar-refractivity contribution in [3.05, 3.63) is 65.7 Å². The second kappa shape index (κ2) is 8.17. The number of benzene rings is 2. The molecule has 132 valence electrons. The molecule has 0 aromatic heterocycles. The topological polar surface area (TPSA) is 58.4 Å². The molecular weight excluding hydrogens is 310 g/mol. The SMILES string of the molecule is CC(NC(=O)Cc1ccc(N)cc1)C1CCN(Cc2ccccc2)C1. The van der Waals surface area contributed by atoms with E-state index >= 15 is 0 Å². The lowest BCUT2D eigenvalue weighted by atomic mass is 10.00. The molecule has 3 rings (SSSR count). The molecule has 2 unspecified atom stereocenters. The zero-order valence-corrected chi connectivity index (χ0v) is 14.8. The number of hydrogen-bond donors (Lipinski definition) is 2. The van der Waals surface area contributed by atoms with Gasteiger partial charge in [0.25, 0.3) is 0 Å². The molecule has 25 heavy (non-hydrogen) atoms. The average Bonchev–Trinajstić information content (AvgIpc) is 3.06. The summed E-state index contributed by atoms with van der Waals surface area (Å²) in [6, 6.07) is 18.3. The Hall–Kier alpha value is -2.33. The third-order valence-corrected chi connectivity index (χ3v) is 5.00. The van der Waals surface area contributed by atoms with Gasteiger partial charge in [-0.2, -0.15) is 0 Å². The molecule has 4 nitrogen and oxygen atoms in total. The van der Waals surface area contributed by atoms with Crippen molar-refractivity contribution in [1.29, 1.82) is 0 Å². The summed E-state index contributed by atoms with van der Waals surface area (Å²) in [5, 5.41) is 3.17. The highest BCUT2D eigenvalue weighted by molar-refractivity contribution is 5.79. The van der Waals surface area contributed by atoms with Crippen molar-refractivity contribution in [2.75, 3.05) is 18.8 Å². The monoisotopic (exact) mass is 337 g/mol. The zero-order chi connectivity index (χ0) is 17.6. The van der Waals surface area contributed by atoms with Gasteiger partial charge in [0.2, 0.25) is 5.91 Å². The zero-order valence-electron chi connectivity index (χ0n) is 14.8. The van der Waals surface area contributed by atoms with Gasteiger partial charge >= 0.3 is 0 Å². The first-order valence-corrected chi connectivity index (χ1v) is 9.00. The standard InChI is InChI=1S/C21H27N3O/c1-16(23-21(25)13-17-7-9-20(22)10-8-17)19-11-12-24(15-19)14-18-5-3-2-4-6-18/h2-10,16,19H,11-15,22H2,1H3,(H,23,25). The van der Waals surface area contributed by atoms with E-state index in [1.807, 2.05) is 24.3 Å². The summed E-state index contributed by atoms with van der Waals surface area (Å²) < 4.78 is 0. The number of nitrogens with one attached hydrogen (secondary N) is 1. The van der Waals surface area contributed by atoms with Crippen LogP contribution in [0.5, 0.6) is 0 Å². The van der Waals surface area contributed by atoms with E-state index in [9.17, 15) is 4.79 Å². The van der Waals surface area contributed by atoms with E-state index in [1.54, 1.807) is 0 Å². The molecule has 3 N–H and O–H groups in total. The van der Waals surface area contributed by atoms with Crippen molar-refractivity contribution in [3.63, 3.8) is 0 Å². The summed E-state index contributed by atoms with van der Waals surface area (Å²) in [7, 11) is 0. The molecular formula is C21H27N3O. The van der Waals surface area contributed by atoms with Crippen LogP contribution in [0.15, 0.2) is 54.6 Å². The third kappa shape index (κ3) is 5.07. The third-order valence-electron chi connectivity index (χ3n) is 5.00. The Labute approximate surface area is 150 Å². The van der Waals surface area contributed by atoms with E-state index < -0.39 is 0 Å². The predicted molar refractivity (Wildman–Crippen MR) is 102 cm³/mol. The van der Waals surface area contributed by atoms with Crippen LogP contribution in [0.3, 0.4) is 0 Å². The first-order valence-electron chi connectivity index (χ1n) is 9.00. The van der Waals surface area contributed by atoms with E-state index in [0.29, 0.717) is 12.3 Å². The maximum atomic E-state index is 12.3. The maximum Gasteiger partial charge on any atom is 0.224 e. The van der Waals surface area contributed by atoms with Crippen molar-refractivity contribution in [2.45, 2.75) is 32.4 Å². The molecule has 1 aliphatic heterocycles. The highest BCUT2D eigenvalue weighted by Crippen LogP contribution is 2.21. The molecule has 4 heteroatoms. The number of nitrogen functional groups attached to an aromatic ring is 1. The Kier molecular flexibility index (Phi) is 5.71. The summed E-state index contributed by atoms with van der Waals surface area (Å²) in [5.41, 5.74) is 8.75. The van der Waals surface area contributed by atoms with Gasteiger partial charge in [-0.3, -0.25) is 9.69 Å². The highest BCUT2D eigenvalue weighted by Gasteiger charge is 2.27. The van der Waals surface area contributed by atoms with Crippen LogP contribution in [0.1, 0.15) is 24.5 Å². The van der Waals surface area contributed by atoms with Crippen molar-refractivity contribution in [1.82, 2.24) is 10.2 Å². The van der Waals surface area contributed by atoms with Gasteiger partial charge in [-0.05, 0) is 49.1 Å². The van der Waals surface area contributed by atoms with E-state index in [-0.39, 0.29) is 11.9 Å². The van der Waals surface area contributed by atoms with Gasteiger partial charge in [0.1, 0.15) is 0 Å². The van der Waals surface area contributed by atoms with Crippen LogP contribution in [0.4, 0.5) is 5.69 Å². The Bertz CT molecular complexity index is 684.